The number of ether oxygens (including phenoxy) is 2. The maximum absolute atomic E-state index is 12.5. The fourth-order valence-electron chi connectivity index (χ4n) is 1.91. The first-order valence-electron chi connectivity index (χ1n) is 7.90. The standard InChI is InChI=1S/C16H24BrF2N3O2/c1-3-20-16(21-8-5-9-23-4-2)22-11-12-10-13(17)6-7-14(12)24-15(18)19/h6-7,10,15H,3-5,8-9,11H2,1-2H3,(H2,20,21,22). The zero-order valence-corrected chi connectivity index (χ0v) is 15.5. The molecule has 0 saturated carbocycles. The van der Waals surface area contributed by atoms with Gasteiger partial charge in [-0.3, -0.25) is 0 Å². The van der Waals surface area contributed by atoms with E-state index in [4.69, 9.17) is 4.74 Å². The van der Waals surface area contributed by atoms with Crippen molar-refractivity contribution in [2.45, 2.75) is 33.4 Å². The molecule has 24 heavy (non-hydrogen) atoms. The molecule has 0 unspecified atom stereocenters. The van der Waals surface area contributed by atoms with E-state index in [0.717, 1.165) is 10.9 Å². The normalized spacial score (nSPS) is 11.7. The minimum Gasteiger partial charge on any atom is -0.434 e. The van der Waals surface area contributed by atoms with Crippen LogP contribution in [-0.4, -0.2) is 38.9 Å². The molecule has 0 radical (unpaired) electrons. The molecule has 0 aliphatic carbocycles. The van der Waals surface area contributed by atoms with E-state index >= 15 is 0 Å². The first-order valence-corrected chi connectivity index (χ1v) is 8.69. The summed E-state index contributed by atoms with van der Waals surface area (Å²) in [6.45, 7) is 4.07. The zero-order chi connectivity index (χ0) is 17.8. The van der Waals surface area contributed by atoms with Crippen molar-refractivity contribution >= 4 is 21.9 Å². The number of nitrogens with zero attached hydrogens (tertiary/aromatic N) is 1. The quantitative estimate of drug-likeness (QED) is 0.353. The number of aliphatic imine (C=N–C) groups is 1. The summed E-state index contributed by atoms with van der Waals surface area (Å²) in [5, 5.41) is 6.30. The predicted molar refractivity (Wildman–Crippen MR) is 94.7 cm³/mol. The molecular formula is C16H24BrF2N3O2. The maximum atomic E-state index is 12.5. The van der Waals surface area contributed by atoms with E-state index in [1.807, 2.05) is 13.8 Å². The monoisotopic (exact) mass is 407 g/mol. The van der Waals surface area contributed by atoms with Crippen LogP contribution < -0.4 is 15.4 Å². The van der Waals surface area contributed by atoms with Crippen molar-refractivity contribution in [1.82, 2.24) is 10.6 Å². The second-order valence-electron chi connectivity index (χ2n) is 4.80. The maximum Gasteiger partial charge on any atom is 0.387 e. The average molecular weight is 408 g/mol. The fraction of sp³-hybridized carbons (Fsp3) is 0.562. The number of hydrogen-bond acceptors (Lipinski definition) is 3. The molecule has 0 heterocycles. The molecular weight excluding hydrogens is 384 g/mol. The van der Waals surface area contributed by atoms with Gasteiger partial charge in [0, 0.05) is 36.3 Å². The van der Waals surface area contributed by atoms with Gasteiger partial charge in [0.05, 0.1) is 6.54 Å². The van der Waals surface area contributed by atoms with Gasteiger partial charge < -0.3 is 20.1 Å². The smallest absolute Gasteiger partial charge is 0.387 e. The van der Waals surface area contributed by atoms with Crippen LogP contribution >= 0.6 is 15.9 Å². The van der Waals surface area contributed by atoms with Gasteiger partial charge in [0.25, 0.3) is 0 Å². The fourth-order valence-corrected chi connectivity index (χ4v) is 2.32. The minimum atomic E-state index is -2.86. The van der Waals surface area contributed by atoms with Gasteiger partial charge in [-0.2, -0.15) is 8.78 Å². The van der Waals surface area contributed by atoms with Crippen molar-refractivity contribution in [3.8, 4) is 5.75 Å². The molecule has 0 spiro atoms. The highest BCUT2D eigenvalue weighted by atomic mass is 79.9. The largest absolute Gasteiger partial charge is 0.434 e. The predicted octanol–water partition coefficient (Wildman–Crippen LogP) is 3.53. The lowest BCUT2D eigenvalue weighted by Gasteiger charge is -2.13. The van der Waals surface area contributed by atoms with Gasteiger partial charge in [-0.25, -0.2) is 4.99 Å². The Kier molecular flexibility index (Phi) is 10.3. The van der Waals surface area contributed by atoms with Crippen LogP contribution in [0.4, 0.5) is 8.78 Å². The van der Waals surface area contributed by atoms with Gasteiger partial charge in [0.15, 0.2) is 5.96 Å². The summed E-state index contributed by atoms with van der Waals surface area (Å²) >= 11 is 3.33. The van der Waals surface area contributed by atoms with E-state index in [1.165, 1.54) is 6.07 Å². The van der Waals surface area contributed by atoms with Crippen LogP contribution in [-0.2, 0) is 11.3 Å². The number of benzene rings is 1. The molecule has 1 rings (SSSR count). The van der Waals surface area contributed by atoms with Crippen molar-refractivity contribution in [2.75, 3.05) is 26.3 Å². The molecule has 0 aliphatic heterocycles. The van der Waals surface area contributed by atoms with E-state index in [1.54, 1.807) is 12.1 Å². The van der Waals surface area contributed by atoms with Crippen LogP contribution in [0.2, 0.25) is 0 Å². The number of alkyl halides is 2. The summed E-state index contributed by atoms with van der Waals surface area (Å²) < 4.78 is 35.6. The molecule has 0 bridgehead atoms. The van der Waals surface area contributed by atoms with E-state index in [0.29, 0.717) is 37.8 Å². The third-order valence-electron chi connectivity index (χ3n) is 2.95. The Morgan fingerprint density at radius 3 is 2.75 bits per heavy atom. The Labute approximate surface area is 150 Å². The van der Waals surface area contributed by atoms with Crippen LogP contribution in [0.5, 0.6) is 5.75 Å². The van der Waals surface area contributed by atoms with Crippen molar-refractivity contribution in [3.63, 3.8) is 0 Å². The number of hydrogen-bond donors (Lipinski definition) is 2. The van der Waals surface area contributed by atoms with E-state index in [9.17, 15) is 8.78 Å². The van der Waals surface area contributed by atoms with E-state index in [2.05, 4.69) is 36.3 Å². The topological polar surface area (TPSA) is 54.9 Å². The molecule has 8 heteroatoms. The zero-order valence-electron chi connectivity index (χ0n) is 13.9. The van der Waals surface area contributed by atoms with Gasteiger partial charge in [0.2, 0.25) is 0 Å². The Morgan fingerprint density at radius 2 is 2.08 bits per heavy atom. The van der Waals surface area contributed by atoms with Gasteiger partial charge in [-0.15, -0.1) is 0 Å². The van der Waals surface area contributed by atoms with Gasteiger partial charge in [0.1, 0.15) is 5.75 Å². The summed E-state index contributed by atoms with van der Waals surface area (Å²) in [7, 11) is 0. The van der Waals surface area contributed by atoms with Crippen molar-refractivity contribution in [1.29, 1.82) is 0 Å². The van der Waals surface area contributed by atoms with Crippen LogP contribution in [0.15, 0.2) is 27.7 Å². The summed E-state index contributed by atoms with van der Waals surface area (Å²) in [6.07, 6.45) is 0.856. The Balaban J connectivity index is 2.68. The lowest BCUT2D eigenvalue weighted by atomic mass is 10.2. The highest BCUT2D eigenvalue weighted by Gasteiger charge is 2.10. The van der Waals surface area contributed by atoms with Crippen molar-refractivity contribution in [3.05, 3.63) is 28.2 Å². The van der Waals surface area contributed by atoms with Crippen LogP contribution in [0, 0.1) is 0 Å². The van der Waals surface area contributed by atoms with E-state index < -0.39 is 6.61 Å². The number of halogens is 3. The number of rotatable bonds is 10. The van der Waals surface area contributed by atoms with Gasteiger partial charge in [-0.05, 0) is 38.5 Å². The highest BCUT2D eigenvalue weighted by Crippen LogP contribution is 2.25. The number of nitrogens with one attached hydrogen (secondary N) is 2. The third-order valence-corrected chi connectivity index (χ3v) is 3.45. The first kappa shape index (κ1) is 20.6. The molecule has 2 N–H and O–H groups in total. The first-order chi connectivity index (χ1) is 11.6. The molecule has 1 aromatic rings. The molecule has 0 aliphatic rings. The molecule has 1 aromatic carbocycles. The molecule has 136 valence electrons. The van der Waals surface area contributed by atoms with E-state index in [-0.39, 0.29) is 12.3 Å². The summed E-state index contributed by atoms with van der Waals surface area (Å²) in [4.78, 5) is 4.42. The summed E-state index contributed by atoms with van der Waals surface area (Å²) in [6, 6.07) is 4.88. The van der Waals surface area contributed by atoms with Crippen LogP contribution in [0.25, 0.3) is 0 Å². The Hall–Kier alpha value is -1.41. The molecule has 0 atom stereocenters. The third kappa shape index (κ3) is 8.44. The Morgan fingerprint density at radius 1 is 1.29 bits per heavy atom. The number of guanidine groups is 1. The van der Waals surface area contributed by atoms with Crippen molar-refractivity contribution < 1.29 is 18.3 Å². The molecule has 0 fully saturated rings. The lowest BCUT2D eigenvalue weighted by Crippen LogP contribution is -2.38. The van der Waals surface area contributed by atoms with Crippen LogP contribution in [0.3, 0.4) is 0 Å². The Bertz CT molecular complexity index is 516. The minimum absolute atomic E-state index is 0.129. The van der Waals surface area contributed by atoms with Gasteiger partial charge >= 0.3 is 6.61 Å². The lowest BCUT2D eigenvalue weighted by molar-refractivity contribution is -0.0504. The average Bonchev–Trinajstić information content (AvgIpc) is 2.54. The highest BCUT2D eigenvalue weighted by molar-refractivity contribution is 9.10. The molecule has 0 aromatic heterocycles. The SMILES string of the molecule is CCNC(=NCc1cc(Br)ccc1OC(F)F)NCCCOCC. The van der Waals surface area contributed by atoms with Crippen LogP contribution in [0.1, 0.15) is 25.8 Å². The second kappa shape index (κ2) is 12.0. The summed E-state index contributed by atoms with van der Waals surface area (Å²) in [5.41, 5.74) is 0.580. The summed E-state index contributed by atoms with van der Waals surface area (Å²) in [5.74, 6) is 0.751. The van der Waals surface area contributed by atoms with Crippen molar-refractivity contribution in [2.24, 2.45) is 4.99 Å². The second-order valence-corrected chi connectivity index (χ2v) is 5.72. The molecule has 0 amide bonds. The van der Waals surface area contributed by atoms with Gasteiger partial charge in [-0.1, -0.05) is 15.9 Å². The molecule has 0 saturated heterocycles. The molecule has 5 nitrogen and oxygen atoms in total.